The summed E-state index contributed by atoms with van der Waals surface area (Å²) in [4.78, 5) is 0.793. The van der Waals surface area contributed by atoms with Crippen LogP contribution in [0, 0.1) is 0 Å². The van der Waals surface area contributed by atoms with Crippen molar-refractivity contribution in [2.45, 2.75) is 18.0 Å². The lowest BCUT2D eigenvalue weighted by Crippen LogP contribution is -2.27. The minimum Gasteiger partial charge on any atom is -0.391 e. The van der Waals surface area contributed by atoms with E-state index in [1.165, 1.54) is 33.7 Å². The third kappa shape index (κ3) is 3.13. The van der Waals surface area contributed by atoms with Crippen LogP contribution in [0.15, 0.2) is 28.7 Å². The van der Waals surface area contributed by atoms with E-state index in [2.05, 4.69) is 15.0 Å². The van der Waals surface area contributed by atoms with E-state index in [9.17, 15) is 8.42 Å². The van der Waals surface area contributed by atoms with Gasteiger partial charge in [-0.15, -0.1) is 16.4 Å². The van der Waals surface area contributed by atoms with Crippen LogP contribution < -0.4 is 4.72 Å². The Balaban J connectivity index is 1.95. The van der Waals surface area contributed by atoms with Crippen LogP contribution in [0.25, 0.3) is 0 Å². The summed E-state index contributed by atoms with van der Waals surface area (Å²) in [6.07, 6.45) is 3.18. The van der Waals surface area contributed by atoms with Crippen LogP contribution >= 0.6 is 11.3 Å². The minimum absolute atomic E-state index is 0.154. The number of sulfonamides is 1. The Labute approximate surface area is 108 Å². The van der Waals surface area contributed by atoms with Gasteiger partial charge in [-0.1, -0.05) is 5.21 Å². The van der Waals surface area contributed by atoms with Crippen molar-refractivity contribution in [2.24, 2.45) is 0 Å². The second-order valence-corrected chi connectivity index (χ2v) is 6.23. The highest BCUT2D eigenvalue weighted by Crippen LogP contribution is 2.18. The standard InChI is InChI=1S/C9H12N4O3S2/c14-6-8-5-9(7-17-8)18(15,16)11-2-4-13-3-1-10-12-13/h1,3,5,7,11,14H,2,4,6H2. The molecule has 2 aromatic heterocycles. The molecular weight excluding hydrogens is 276 g/mol. The van der Waals surface area contributed by atoms with Gasteiger partial charge in [0.1, 0.15) is 0 Å². The highest BCUT2D eigenvalue weighted by molar-refractivity contribution is 7.89. The zero-order valence-corrected chi connectivity index (χ0v) is 11.0. The van der Waals surface area contributed by atoms with Gasteiger partial charge in [-0.05, 0) is 6.07 Å². The zero-order chi connectivity index (χ0) is 13.0. The van der Waals surface area contributed by atoms with Crippen LogP contribution in [-0.2, 0) is 23.2 Å². The third-order valence-electron chi connectivity index (χ3n) is 2.20. The minimum atomic E-state index is -3.51. The number of hydrogen-bond acceptors (Lipinski definition) is 6. The second-order valence-electron chi connectivity index (χ2n) is 3.47. The molecule has 2 rings (SSSR count). The maximum absolute atomic E-state index is 11.9. The molecule has 9 heteroatoms. The van der Waals surface area contributed by atoms with E-state index >= 15 is 0 Å². The number of aromatic nitrogens is 3. The molecule has 0 amide bonds. The van der Waals surface area contributed by atoms with Crippen molar-refractivity contribution in [3.05, 3.63) is 28.7 Å². The first kappa shape index (κ1) is 13.1. The molecule has 2 N–H and O–H groups in total. The average molecular weight is 288 g/mol. The molecule has 0 radical (unpaired) electrons. The highest BCUT2D eigenvalue weighted by atomic mass is 32.2. The van der Waals surface area contributed by atoms with E-state index in [1.54, 1.807) is 6.20 Å². The SMILES string of the molecule is O=S(=O)(NCCn1ccnn1)c1csc(CO)c1. The highest BCUT2D eigenvalue weighted by Gasteiger charge is 2.15. The number of hydrogen-bond donors (Lipinski definition) is 2. The molecule has 0 aliphatic heterocycles. The number of nitrogens with zero attached hydrogens (tertiary/aromatic N) is 3. The molecule has 0 aliphatic carbocycles. The zero-order valence-electron chi connectivity index (χ0n) is 9.35. The van der Waals surface area contributed by atoms with E-state index in [1.807, 2.05) is 0 Å². The van der Waals surface area contributed by atoms with E-state index in [0.29, 0.717) is 11.4 Å². The molecule has 98 valence electrons. The van der Waals surface area contributed by atoms with Gasteiger partial charge in [0.05, 0.1) is 24.2 Å². The summed E-state index contributed by atoms with van der Waals surface area (Å²) in [5, 5.41) is 17.7. The van der Waals surface area contributed by atoms with E-state index in [4.69, 9.17) is 5.11 Å². The van der Waals surface area contributed by atoms with Crippen molar-refractivity contribution < 1.29 is 13.5 Å². The summed E-state index contributed by atoms with van der Waals surface area (Å²) in [5.74, 6) is 0. The maximum Gasteiger partial charge on any atom is 0.241 e. The smallest absolute Gasteiger partial charge is 0.241 e. The Kier molecular flexibility index (Phi) is 4.07. The topological polar surface area (TPSA) is 97.1 Å². The molecule has 0 aliphatic rings. The van der Waals surface area contributed by atoms with Crippen molar-refractivity contribution in [1.29, 1.82) is 0 Å². The van der Waals surface area contributed by atoms with Gasteiger partial charge in [-0.25, -0.2) is 13.1 Å². The molecule has 2 aromatic rings. The largest absolute Gasteiger partial charge is 0.391 e. The van der Waals surface area contributed by atoms with Gasteiger partial charge in [-0.2, -0.15) is 0 Å². The Bertz CT molecular complexity index is 591. The summed E-state index contributed by atoms with van der Waals surface area (Å²) in [7, 11) is -3.51. The van der Waals surface area contributed by atoms with Gasteiger partial charge in [0.15, 0.2) is 0 Å². The number of aliphatic hydroxyl groups excluding tert-OH is 1. The Hall–Kier alpha value is -1.29. The molecule has 0 saturated carbocycles. The fourth-order valence-corrected chi connectivity index (χ4v) is 3.47. The van der Waals surface area contributed by atoms with Crippen LogP contribution in [0.1, 0.15) is 4.88 Å². The summed E-state index contributed by atoms with van der Waals surface area (Å²) in [6.45, 7) is 0.491. The van der Waals surface area contributed by atoms with Crippen LogP contribution in [0.2, 0.25) is 0 Å². The quantitative estimate of drug-likeness (QED) is 0.768. The van der Waals surface area contributed by atoms with Gasteiger partial charge in [0.2, 0.25) is 10.0 Å². The number of rotatable bonds is 6. The summed E-state index contributed by atoms with van der Waals surface area (Å²) < 4.78 is 27.7. The first-order chi connectivity index (χ1) is 8.62. The van der Waals surface area contributed by atoms with Crippen LogP contribution in [-0.4, -0.2) is 35.1 Å². The fourth-order valence-electron chi connectivity index (χ4n) is 1.31. The number of thiophene rings is 1. The molecule has 0 fully saturated rings. The first-order valence-electron chi connectivity index (χ1n) is 5.14. The average Bonchev–Trinajstić information content (AvgIpc) is 2.99. The van der Waals surface area contributed by atoms with E-state index in [0.717, 1.165) is 0 Å². The molecule has 0 spiro atoms. The van der Waals surface area contributed by atoms with Gasteiger partial charge in [0.25, 0.3) is 0 Å². The summed E-state index contributed by atoms with van der Waals surface area (Å²) >= 11 is 1.21. The first-order valence-corrected chi connectivity index (χ1v) is 7.50. The molecule has 7 nitrogen and oxygen atoms in total. The second kappa shape index (κ2) is 5.57. The molecule has 0 aromatic carbocycles. The van der Waals surface area contributed by atoms with E-state index in [-0.39, 0.29) is 18.0 Å². The molecular formula is C9H12N4O3S2. The predicted molar refractivity (Wildman–Crippen MR) is 65.5 cm³/mol. The van der Waals surface area contributed by atoms with Crippen molar-refractivity contribution in [2.75, 3.05) is 6.54 Å². The lowest BCUT2D eigenvalue weighted by molar-refractivity contribution is 0.285. The van der Waals surface area contributed by atoms with Crippen molar-refractivity contribution in [1.82, 2.24) is 19.7 Å². The van der Waals surface area contributed by atoms with Gasteiger partial charge < -0.3 is 5.11 Å². The maximum atomic E-state index is 11.9. The lowest BCUT2D eigenvalue weighted by Gasteiger charge is -2.04. The van der Waals surface area contributed by atoms with Gasteiger partial charge in [0, 0.05) is 23.0 Å². The van der Waals surface area contributed by atoms with Crippen molar-refractivity contribution >= 4 is 21.4 Å². The summed E-state index contributed by atoms with van der Waals surface area (Å²) in [6, 6.07) is 1.46. The number of aliphatic hydroxyl groups is 1. The van der Waals surface area contributed by atoms with Crippen LogP contribution in [0.4, 0.5) is 0 Å². The Morgan fingerprint density at radius 1 is 1.50 bits per heavy atom. The predicted octanol–water partition coefficient (Wildman–Crippen LogP) is -0.190. The fraction of sp³-hybridized carbons (Fsp3) is 0.333. The van der Waals surface area contributed by atoms with Gasteiger partial charge in [-0.3, -0.25) is 4.68 Å². The van der Waals surface area contributed by atoms with Gasteiger partial charge >= 0.3 is 0 Å². The molecule has 0 atom stereocenters. The summed E-state index contributed by atoms with van der Waals surface area (Å²) in [5.41, 5.74) is 0. The molecule has 0 saturated heterocycles. The van der Waals surface area contributed by atoms with Crippen molar-refractivity contribution in [3.63, 3.8) is 0 Å². The van der Waals surface area contributed by atoms with Crippen molar-refractivity contribution in [3.8, 4) is 0 Å². The van der Waals surface area contributed by atoms with Crippen LogP contribution in [0.3, 0.4) is 0 Å². The third-order valence-corrected chi connectivity index (χ3v) is 4.71. The molecule has 2 heterocycles. The normalized spacial score (nSPS) is 11.8. The molecule has 0 bridgehead atoms. The molecule has 0 unspecified atom stereocenters. The monoisotopic (exact) mass is 288 g/mol. The number of nitrogens with one attached hydrogen (secondary N) is 1. The van der Waals surface area contributed by atoms with Crippen LogP contribution in [0.5, 0.6) is 0 Å². The Morgan fingerprint density at radius 3 is 2.94 bits per heavy atom. The Morgan fingerprint density at radius 2 is 2.33 bits per heavy atom. The molecule has 18 heavy (non-hydrogen) atoms. The van der Waals surface area contributed by atoms with E-state index < -0.39 is 10.0 Å². The lowest BCUT2D eigenvalue weighted by atomic mass is 10.5.